The lowest BCUT2D eigenvalue weighted by atomic mass is 9.79. The van der Waals surface area contributed by atoms with E-state index >= 15 is 0 Å². The van der Waals surface area contributed by atoms with Gasteiger partial charge in [0.15, 0.2) is 17.0 Å². The number of carboxylic acids is 1. The molecule has 2 aromatic carbocycles. The molecule has 10 heteroatoms. The molecule has 9 nitrogen and oxygen atoms in total. The standard InChI is InChI=1S/C29H35N3O6S/c1-17-14-28(2,3)31(6)23-12-25-21(10-19(17)23)30-22-11-20-18(16-39(35,36)37)15-29(4,5)32(9-7-8-27(33)34)24(20)13-26(22)38-25/h1,10-13,17-18H,7-9,14-16H2,2-6H3,(H-,33,34,35,36,37)/p+1. The van der Waals surface area contributed by atoms with Crippen LogP contribution >= 0.6 is 0 Å². The summed E-state index contributed by atoms with van der Waals surface area (Å²) in [5.74, 6) is -0.732. The van der Waals surface area contributed by atoms with E-state index in [1.54, 1.807) is 0 Å². The zero-order valence-electron chi connectivity index (χ0n) is 23.1. The lowest BCUT2D eigenvalue weighted by molar-refractivity contribution is -0.137. The van der Waals surface area contributed by atoms with Crippen LogP contribution in [-0.4, -0.2) is 54.5 Å². The van der Waals surface area contributed by atoms with Crippen molar-refractivity contribution in [1.29, 1.82) is 0 Å². The number of aliphatic carboxylic acids is 1. The number of carbonyl (C=O) groups is 1. The maximum atomic E-state index is 12.0. The first-order valence-corrected chi connectivity index (χ1v) is 14.9. The molecule has 0 amide bonds. The Kier molecular flexibility index (Phi) is 6.58. The Balaban J connectivity index is 1.66. The molecule has 3 heterocycles. The molecule has 2 aromatic rings. The van der Waals surface area contributed by atoms with Gasteiger partial charge in [0.25, 0.3) is 10.1 Å². The van der Waals surface area contributed by atoms with Gasteiger partial charge in [-0.1, -0.05) is 0 Å². The van der Waals surface area contributed by atoms with Gasteiger partial charge in [-0.25, -0.2) is 9.57 Å². The molecule has 2 radical (unpaired) electrons. The molecule has 3 aliphatic rings. The van der Waals surface area contributed by atoms with E-state index in [0.717, 1.165) is 28.6 Å². The van der Waals surface area contributed by atoms with E-state index in [1.807, 2.05) is 45.2 Å². The molecule has 0 saturated heterocycles. The van der Waals surface area contributed by atoms with Crippen molar-refractivity contribution in [2.45, 2.75) is 76.3 Å². The molecule has 0 saturated carbocycles. The third-order valence-corrected chi connectivity index (χ3v) is 9.28. The van der Waals surface area contributed by atoms with Gasteiger partial charge < -0.3 is 14.7 Å². The van der Waals surface area contributed by atoms with Crippen molar-refractivity contribution in [3.05, 3.63) is 53.0 Å². The van der Waals surface area contributed by atoms with E-state index in [9.17, 15) is 22.9 Å². The second-order valence-corrected chi connectivity index (χ2v) is 13.8. The van der Waals surface area contributed by atoms with Crippen LogP contribution in [0.15, 0.2) is 29.3 Å². The molecular formula is C29H36N3O6S+. The summed E-state index contributed by atoms with van der Waals surface area (Å²) < 4.78 is 42.3. The number of hydrogen-bond acceptors (Lipinski definition) is 6. The molecule has 3 aliphatic heterocycles. The Morgan fingerprint density at radius 3 is 2.54 bits per heavy atom. The number of carboxylic acid groups (broad SMARTS) is 1. The van der Waals surface area contributed by atoms with Crippen LogP contribution in [0.25, 0.3) is 0 Å². The molecule has 0 bridgehead atoms. The number of anilines is 1. The normalized spacial score (nSPS) is 22.5. The van der Waals surface area contributed by atoms with Crippen molar-refractivity contribution in [1.82, 2.24) is 4.58 Å². The van der Waals surface area contributed by atoms with E-state index in [4.69, 9.17) is 16.7 Å². The van der Waals surface area contributed by atoms with Crippen molar-refractivity contribution in [3.8, 4) is 11.5 Å². The third kappa shape index (κ3) is 5.16. The molecular weight excluding hydrogens is 518 g/mol. The highest BCUT2D eigenvalue weighted by molar-refractivity contribution is 7.85. The van der Waals surface area contributed by atoms with Crippen LogP contribution in [0, 0.1) is 6.92 Å². The first-order valence-electron chi connectivity index (χ1n) is 13.3. The molecule has 5 rings (SSSR count). The molecule has 0 spiro atoms. The minimum atomic E-state index is -4.24. The first kappa shape index (κ1) is 27.6. The number of benzene rings is 2. The SMILES string of the molecule is [CH]C1CC(C)(C)[N+](C)=c2cc3c(cc21)=Nc1cc2c(cc1O3)N(CCCC(=O)O)C(C)(C)CC2CS(=O)(=O)O. The van der Waals surface area contributed by atoms with Gasteiger partial charge in [-0.3, -0.25) is 9.35 Å². The van der Waals surface area contributed by atoms with Gasteiger partial charge >= 0.3 is 5.97 Å². The van der Waals surface area contributed by atoms with Crippen LogP contribution in [-0.2, 0) is 14.9 Å². The predicted molar refractivity (Wildman–Crippen MR) is 148 cm³/mol. The lowest BCUT2D eigenvalue weighted by Crippen LogP contribution is -2.50. The lowest BCUT2D eigenvalue weighted by Gasteiger charge is -2.48. The van der Waals surface area contributed by atoms with Gasteiger partial charge in [-0.2, -0.15) is 8.42 Å². The minimum absolute atomic E-state index is 0.0254. The summed E-state index contributed by atoms with van der Waals surface area (Å²) >= 11 is 0. The Morgan fingerprint density at radius 1 is 1.15 bits per heavy atom. The quantitative estimate of drug-likeness (QED) is 0.353. The predicted octanol–water partition coefficient (Wildman–Crippen LogP) is 3.67. The van der Waals surface area contributed by atoms with Gasteiger partial charge in [0.05, 0.1) is 11.8 Å². The van der Waals surface area contributed by atoms with Gasteiger partial charge in [0.2, 0.25) is 5.36 Å². The van der Waals surface area contributed by atoms with Crippen LogP contribution in [0.5, 0.6) is 11.5 Å². The van der Waals surface area contributed by atoms with Crippen LogP contribution in [0.3, 0.4) is 0 Å². The van der Waals surface area contributed by atoms with Crippen LogP contribution in [0.1, 0.15) is 76.3 Å². The van der Waals surface area contributed by atoms with Crippen molar-refractivity contribution in [2.24, 2.45) is 4.99 Å². The summed E-state index contributed by atoms with van der Waals surface area (Å²) in [6.07, 6.45) is 1.72. The summed E-state index contributed by atoms with van der Waals surface area (Å²) in [6.45, 7) is 15.3. The Hall–Kier alpha value is -2.98. The van der Waals surface area contributed by atoms with E-state index in [2.05, 4.69) is 23.3 Å². The zero-order valence-corrected chi connectivity index (χ0v) is 23.9. The monoisotopic (exact) mass is 554 g/mol. The highest BCUT2D eigenvalue weighted by Crippen LogP contribution is 2.49. The Labute approximate surface area is 229 Å². The number of fused-ring (bicyclic) bond motifs is 4. The van der Waals surface area contributed by atoms with Crippen molar-refractivity contribution in [3.63, 3.8) is 0 Å². The van der Waals surface area contributed by atoms with Gasteiger partial charge in [-0.15, -0.1) is 0 Å². The van der Waals surface area contributed by atoms with Gasteiger partial charge in [0, 0.05) is 54.1 Å². The Morgan fingerprint density at radius 2 is 1.87 bits per heavy atom. The van der Waals surface area contributed by atoms with E-state index in [1.165, 1.54) is 0 Å². The fourth-order valence-corrected chi connectivity index (χ4v) is 7.16. The third-order valence-electron chi connectivity index (χ3n) is 8.46. The van der Waals surface area contributed by atoms with Crippen LogP contribution < -0.4 is 24.9 Å². The highest BCUT2D eigenvalue weighted by atomic mass is 32.2. The summed E-state index contributed by atoms with van der Waals surface area (Å²) in [5, 5.41) is 10.8. The number of rotatable bonds is 6. The van der Waals surface area contributed by atoms with Gasteiger partial charge in [-0.05, 0) is 65.2 Å². The summed E-state index contributed by atoms with van der Waals surface area (Å²) in [4.78, 5) is 18.2. The maximum absolute atomic E-state index is 12.0. The van der Waals surface area contributed by atoms with E-state index in [-0.39, 0.29) is 17.9 Å². The van der Waals surface area contributed by atoms with Crippen molar-refractivity contribution < 1.29 is 27.6 Å². The van der Waals surface area contributed by atoms with Crippen molar-refractivity contribution >= 4 is 27.5 Å². The fraction of sp³-hybridized carbons (Fsp3) is 0.517. The summed E-state index contributed by atoms with van der Waals surface area (Å²) in [5.41, 5.74) is 2.48. The molecule has 0 aromatic heterocycles. The summed E-state index contributed by atoms with van der Waals surface area (Å²) in [7, 11) is -2.19. The fourth-order valence-electron chi connectivity index (χ4n) is 6.36. The number of nitrogens with zero attached hydrogens (tertiary/aromatic N) is 3. The molecule has 0 fully saturated rings. The zero-order chi connectivity index (χ0) is 28.5. The molecule has 0 aliphatic carbocycles. The highest BCUT2D eigenvalue weighted by Gasteiger charge is 2.41. The minimum Gasteiger partial charge on any atom is -0.481 e. The van der Waals surface area contributed by atoms with Crippen molar-refractivity contribution in [2.75, 3.05) is 24.2 Å². The molecule has 2 unspecified atom stereocenters. The van der Waals surface area contributed by atoms with Gasteiger partial charge in [0.1, 0.15) is 18.1 Å². The summed E-state index contributed by atoms with van der Waals surface area (Å²) in [6, 6.07) is 7.67. The molecule has 2 atom stereocenters. The number of hydrogen-bond donors (Lipinski definition) is 2. The maximum Gasteiger partial charge on any atom is 0.303 e. The second-order valence-electron chi connectivity index (χ2n) is 12.3. The molecule has 208 valence electrons. The topological polar surface area (TPSA) is 120 Å². The smallest absolute Gasteiger partial charge is 0.303 e. The number of ether oxygens (including phenoxy) is 1. The van der Waals surface area contributed by atoms with Crippen LogP contribution in [0.2, 0.25) is 0 Å². The Bertz CT molecular complexity index is 1600. The van der Waals surface area contributed by atoms with E-state index in [0.29, 0.717) is 41.9 Å². The molecule has 2 N–H and O–H groups in total. The average Bonchev–Trinajstić information content (AvgIpc) is 2.80. The second kappa shape index (κ2) is 9.30. The van der Waals surface area contributed by atoms with E-state index < -0.39 is 33.3 Å². The van der Waals surface area contributed by atoms with Crippen LogP contribution in [0.4, 0.5) is 11.4 Å². The first-order chi connectivity index (χ1) is 18.1. The average molecular weight is 555 g/mol. The largest absolute Gasteiger partial charge is 0.481 e. The molecule has 39 heavy (non-hydrogen) atoms.